The van der Waals surface area contributed by atoms with Crippen LogP contribution in [0.25, 0.3) is 0 Å². The van der Waals surface area contributed by atoms with Gasteiger partial charge in [0.05, 0.1) is 0 Å². The molecule has 2 heteroatoms. The molecule has 0 bridgehead atoms. The first-order valence-electron chi connectivity index (χ1n) is 6.48. The van der Waals surface area contributed by atoms with Gasteiger partial charge in [0, 0.05) is 18.7 Å². The van der Waals surface area contributed by atoms with Crippen LogP contribution in [0.2, 0.25) is 0 Å². The SMILES string of the molecule is CCCCCCC(C)NC(C)C(C)CO. The number of hydrogen-bond donors (Lipinski definition) is 2. The van der Waals surface area contributed by atoms with E-state index in [1.165, 1.54) is 32.1 Å². The molecular weight excluding hydrogens is 186 g/mol. The number of rotatable bonds is 9. The summed E-state index contributed by atoms with van der Waals surface area (Å²) < 4.78 is 0. The van der Waals surface area contributed by atoms with Gasteiger partial charge in [0.25, 0.3) is 0 Å². The molecular formula is C13H29NO. The Kier molecular flexibility index (Phi) is 9.12. The summed E-state index contributed by atoms with van der Waals surface area (Å²) in [6.07, 6.45) is 6.59. The Labute approximate surface area is 95.5 Å². The first kappa shape index (κ1) is 14.9. The minimum atomic E-state index is 0.275. The van der Waals surface area contributed by atoms with Gasteiger partial charge in [-0.05, 0) is 26.2 Å². The van der Waals surface area contributed by atoms with Crippen LogP contribution in [0.1, 0.15) is 59.8 Å². The summed E-state index contributed by atoms with van der Waals surface area (Å²) in [6, 6.07) is 0.988. The molecule has 0 spiro atoms. The molecule has 0 saturated carbocycles. The van der Waals surface area contributed by atoms with Gasteiger partial charge >= 0.3 is 0 Å². The monoisotopic (exact) mass is 215 g/mol. The van der Waals surface area contributed by atoms with Crippen LogP contribution < -0.4 is 5.32 Å². The molecule has 0 aliphatic carbocycles. The van der Waals surface area contributed by atoms with Crippen LogP contribution in [0, 0.1) is 5.92 Å². The fraction of sp³-hybridized carbons (Fsp3) is 1.00. The minimum absolute atomic E-state index is 0.275. The molecule has 0 rings (SSSR count). The zero-order chi connectivity index (χ0) is 11.7. The first-order chi connectivity index (χ1) is 7.11. The van der Waals surface area contributed by atoms with Crippen molar-refractivity contribution in [2.24, 2.45) is 5.92 Å². The largest absolute Gasteiger partial charge is 0.396 e. The van der Waals surface area contributed by atoms with Crippen LogP contribution in [-0.4, -0.2) is 23.8 Å². The molecule has 15 heavy (non-hydrogen) atoms. The van der Waals surface area contributed by atoms with Crippen molar-refractivity contribution in [1.82, 2.24) is 5.32 Å². The molecule has 0 fully saturated rings. The Morgan fingerprint density at radius 3 is 2.27 bits per heavy atom. The summed E-state index contributed by atoms with van der Waals surface area (Å²) in [5, 5.41) is 12.6. The van der Waals surface area contributed by atoms with Crippen LogP contribution in [0.4, 0.5) is 0 Å². The van der Waals surface area contributed by atoms with Crippen molar-refractivity contribution in [1.29, 1.82) is 0 Å². The van der Waals surface area contributed by atoms with Gasteiger partial charge in [0.1, 0.15) is 0 Å². The minimum Gasteiger partial charge on any atom is -0.396 e. The molecule has 3 atom stereocenters. The average molecular weight is 215 g/mol. The van der Waals surface area contributed by atoms with Crippen molar-refractivity contribution in [3.05, 3.63) is 0 Å². The van der Waals surface area contributed by atoms with Crippen LogP contribution in [0.3, 0.4) is 0 Å². The summed E-state index contributed by atoms with van der Waals surface area (Å²) in [7, 11) is 0. The Bertz CT molecular complexity index is 138. The Morgan fingerprint density at radius 2 is 1.73 bits per heavy atom. The van der Waals surface area contributed by atoms with Crippen LogP contribution in [0.5, 0.6) is 0 Å². The highest BCUT2D eigenvalue weighted by Gasteiger charge is 2.12. The van der Waals surface area contributed by atoms with Gasteiger partial charge in [-0.15, -0.1) is 0 Å². The number of unbranched alkanes of at least 4 members (excludes halogenated alkanes) is 3. The van der Waals surface area contributed by atoms with Crippen LogP contribution in [-0.2, 0) is 0 Å². The van der Waals surface area contributed by atoms with E-state index < -0.39 is 0 Å². The highest BCUT2D eigenvalue weighted by atomic mass is 16.3. The number of hydrogen-bond acceptors (Lipinski definition) is 2. The molecule has 2 N–H and O–H groups in total. The third-order valence-corrected chi connectivity index (χ3v) is 3.18. The molecule has 0 heterocycles. The van der Waals surface area contributed by atoms with Crippen LogP contribution >= 0.6 is 0 Å². The summed E-state index contributed by atoms with van der Waals surface area (Å²) >= 11 is 0. The smallest absolute Gasteiger partial charge is 0.0471 e. The van der Waals surface area contributed by atoms with Crippen molar-refractivity contribution in [2.45, 2.75) is 71.9 Å². The third-order valence-electron chi connectivity index (χ3n) is 3.18. The molecule has 0 aromatic rings. The highest BCUT2D eigenvalue weighted by molar-refractivity contribution is 4.71. The maximum absolute atomic E-state index is 9.02. The molecule has 2 nitrogen and oxygen atoms in total. The fourth-order valence-corrected chi connectivity index (χ4v) is 1.73. The van der Waals surface area contributed by atoms with E-state index in [0.29, 0.717) is 18.0 Å². The lowest BCUT2D eigenvalue weighted by Crippen LogP contribution is -2.39. The molecule has 3 unspecified atom stereocenters. The summed E-state index contributed by atoms with van der Waals surface area (Å²) in [6.45, 7) is 9.00. The normalized spacial score (nSPS) is 17.4. The van der Waals surface area contributed by atoms with Crippen molar-refractivity contribution in [3.8, 4) is 0 Å². The molecule has 0 aromatic heterocycles. The lowest BCUT2D eigenvalue weighted by Gasteiger charge is -2.24. The van der Waals surface area contributed by atoms with E-state index in [1.54, 1.807) is 0 Å². The Balaban J connectivity index is 3.50. The second-order valence-electron chi connectivity index (χ2n) is 4.87. The van der Waals surface area contributed by atoms with Gasteiger partial charge < -0.3 is 10.4 Å². The maximum Gasteiger partial charge on any atom is 0.0471 e. The number of aliphatic hydroxyl groups excluding tert-OH is 1. The maximum atomic E-state index is 9.02. The summed E-state index contributed by atoms with van der Waals surface area (Å²) in [5.74, 6) is 0.350. The Morgan fingerprint density at radius 1 is 1.07 bits per heavy atom. The number of aliphatic hydroxyl groups is 1. The molecule has 0 aliphatic heterocycles. The van der Waals surface area contributed by atoms with Gasteiger partial charge in [0.2, 0.25) is 0 Å². The molecule has 0 saturated heterocycles. The zero-order valence-corrected chi connectivity index (χ0v) is 10.9. The van der Waals surface area contributed by atoms with E-state index in [9.17, 15) is 0 Å². The van der Waals surface area contributed by atoms with Crippen molar-refractivity contribution >= 4 is 0 Å². The molecule has 92 valence electrons. The van der Waals surface area contributed by atoms with Gasteiger partial charge in [-0.25, -0.2) is 0 Å². The lowest BCUT2D eigenvalue weighted by molar-refractivity contribution is 0.200. The quantitative estimate of drug-likeness (QED) is 0.580. The second kappa shape index (κ2) is 9.17. The topological polar surface area (TPSA) is 32.3 Å². The third kappa shape index (κ3) is 7.80. The van der Waals surface area contributed by atoms with E-state index in [2.05, 4.69) is 33.0 Å². The highest BCUT2D eigenvalue weighted by Crippen LogP contribution is 2.08. The standard InChI is InChI=1S/C13H29NO/c1-5-6-7-8-9-12(3)14-13(4)11(2)10-15/h11-15H,5-10H2,1-4H3. The van der Waals surface area contributed by atoms with Crippen molar-refractivity contribution < 1.29 is 5.11 Å². The second-order valence-corrected chi connectivity index (χ2v) is 4.87. The lowest BCUT2D eigenvalue weighted by atomic mass is 10.0. The Hall–Kier alpha value is -0.0800. The van der Waals surface area contributed by atoms with Gasteiger partial charge in [0.15, 0.2) is 0 Å². The van der Waals surface area contributed by atoms with Gasteiger partial charge in [-0.1, -0.05) is 39.5 Å². The molecule has 0 amide bonds. The predicted molar refractivity (Wildman–Crippen MR) is 67.1 cm³/mol. The fourth-order valence-electron chi connectivity index (χ4n) is 1.73. The van der Waals surface area contributed by atoms with E-state index in [0.717, 1.165) is 0 Å². The van der Waals surface area contributed by atoms with Gasteiger partial charge in [-0.2, -0.15) is 0 Å². The molecule has 0 aromatic carbocycles. The first-order valence-corrected chi connectivity index (χ1v) is 6.48. The summed E-state index contributed by atoms with van der Waals surface area (Å²) in [4.78, 5) is 0. The van der Waals surface area contributed by atoms with E-state index >= 15 is 0 Å². The van der Waals surface area contributed by atoms with Gasteiger partial charge in [-0.3, -0.25) is 0 Å². The van der Waals surface area contributed by atoms with E-state index in [-0.39, 0.29) is 6.61 Å². The van der Waals surface area contributed by atoms with Crippen molar-refractivity contribution in [3.63, 3.8) is 0 Å². The zero-order valence-electron chi connectivity index (χ0n) is 10.9. The van der Waals surface area contributed by atoms with Crippen molar-refractivity contribution in [2.75, 3.05) is 6.61 Å². The number of nitrogens with one attached hydrogen (secondary N) is 1. The summed E-state index contributed by atoms with van der Waals surface area (Å²) in [5.41, 5.74) is 0. The molecule has 0 radical (unpaired) electrons. The van der Waals surface area contributed by atoms with Crippen LogP contribution in [0.15, 0.2) is 0 Å². The molecule has 0 aliphatic rings. The van der Waals surface area contributed by atoms with E-state index in [4.69, 9.17) is 5.11 Å². The average Bonchev–Trinajstić information content (AvgIpc) is 2.23. The predicted octanol–water partition coefficient (Wildman–Crippen LogP) is 2.95. The van der Waals surface area contributed by atoms with E-state index in [1.807, 2.05) is 0 Å².